The number of nitrogens with zero attached hydrogens (tertiary/aromatic N) is 6. The van der Waals surface area contributed by atoms with E-state index >= 15 is 0 Å². The number of anilines is 1. The lowest BCUT2D eigenvalue weighted by Gasteiger charge is -2.43. The smallest absolute Gasteiger partial charge is 0.236 e. The van der Waals surface area contributed by atoms with Crippen LogP contribution in [0.15, 0.2) is 30.6 Å². The molecule has 0 unspecified atom stereocenters. The lowest BCUT2D eigenvalue weighted by Crippen LogP contribution is -2.56. The first kappa shape index (κ1) is 22.2. The van der Waals surface area contributed by atoms with Crippen LogP contribution in [0.3, 0.4) is 0 Å². The summed E-state index contributed by atoms with van der Waals surface area (Å²) in [7, 11) is 0. The Kier molecular flexibility index (Phi) is 6.55. The van der Waals surface area contributed by atoms with Crippen molar-refractivity contribution in [1.29, 1.82) is 0 Å². The monoisotopic (exact) mass is 452 g/mol. The van der Waals surface area contributed by atoms with Crippen LogP contribution >= 0.6 is 0 Å². The van der Waals surface area contributed by atoms with Crippen LogP contribution in [0.1, 0.15) is 24.8 Å². The molecule has 7 nitrogen and oxygen atoms in total. The second kappa shape index (κ2) is 9.73. The third-order valence-electron chi connectivity index (χ3n) is 7.42. The van der Waals surface area contributed by atoms with Crippen molar-refractivity contribution in [2.75, 3.05) is 63.8 Å². The number of halogens is 1. The van der Waals surface area contributed by atoms with E-state index in [-0.39, 0.29) is 11.7 Å². The van der Waals surface area contributed by atoms with Crippen molar-refractivity contribution in [3.8, 4) is 11.3 Å². The van der Waals surface area contributed by atoms with Crippen LogP contribution in [0, 0.1) is 12.7 Å². The van der Waals surface area contributed by atoms with Crippen molar-refractivity contribution in [3.63, 3.8) is 0 Å². The summed E-state index contributed by atoms with van der Waals surface area (Å²) in [6, 6.07) is 5.90. The molecule has 1 aliphatic carbocycles. The Hall–Kier alpha value is -2.58. The summed E-state index contributed by atoms with van der Waals surface area (Å²) in [5, 5.41) is 0. The highest BCUT2D eigenvalue weighted by Crippen LogP contribution is 2.25. The number of carbonyl (C=O) groups excluding carboxylic acids is 1. The molecule has 0 radical (unpaired) electrons. The third kappa shape index (κ3) is 5.01. The molecular formula is C25H33FN6O. The standard InChI is InChI=1S/C25H33FN6O/c1-19-5-6-20(15-22(19)26)23-16-28-24(17-27-23)31-9-7-29(8-10-31)18-25(33)32-13-11-30(12-14-32)21-3-2-4-21/h5-6,15-17,21H,2-4,7-14,18H2,1H3. The van der Waals surface area contributed by atoms with Crippen LogP contribution < -0.4 is 4.90 Å². The normalized spacial score (nSPS) is 20.7. The molecule has 1 aromatic heterocycles. The van der Waals surface area contributed by atoms with Gasteiger partial charge in [0.25, 0.3) is 0 Å². The van der Waals surface area contributed by atoms with Gasteiger partial charge in [-0.1, -0.05) is 18.6 Å². The Balaban J connectivity index is 1.09. The number of carbonyl (C=O) groups is 1. The minimum absolute atomic E-state index is 0.232. The van der Waals surface area contributed by atoms with Gasteiger partial charge >= 0.3 is 0 Å². The molecule has 0 spiro atoms. The van der Waals surface area contributed by atoms with Crippen LogP contribution in [-0.2, 0) is 4.79 Å². The predicted octanol–water partition coefficient (Wildman–Crippen LogP) is 2.41. The zero-order valence-corrected chi connectivity index (χ0v) is 19.4. The lowest BCUT2D eigenvalue weighted by molar-refractivity contribution is -0.134. The summed E-state index contributed by atoms with van der Waals surface area (Å²) in [6.07, 6.45) is 7.48. The van der Waals surface area contributed by atoms with Crippen LogP contribution in [0.5, 0.6) is 0 Å². The van der Waals surface area contributed by atoms with Crippen molar-refractivity contribution >= 4 is 11.7 Å². The molecule has 2 saturated heterocycles. The molecule has 3 aliphatic rings. The van der Waals surface area contributed by atoms with E-state index in [1.165, 1.54) is 25.3 Å². The highest BCUT2D eigenvalue weighted by atomic mass is 19.1. The van der Waals surface area contributed by atoms with Crippen LogP contribution in [0.2, 0.25) is 0 Å². The van der Waals surface area contributed by atoms with Crippen molar-refractivity contribution in [1.82, 2.24) is 24.7 Å². The van der Waals surface area contributed by atoms with Gasteiger partial charge in [0.2, 0.25) is 5.91 Å². The summed E-state index contributed by atoms with van der Waals surface area (Å²) < 4.78 is 13.9. The molecule has 0 atom stereocenters. The minimum Gasteiger partial charge on any atom is -0.353 e. The zero-order valence-electron chi connectivity index (χ0n) is 19.4. The van der Waals surface area contributed by atoms with Gasteiger partial charge in [-0.05, 0) is 31.4 Å². The van der Waals surface area contributed by atoms with E-state index < -0.39 is 0 Å². The summed E-state index contributed by atoms with van der Waals surface area (Å²) in [6.45, 7) is 9.32. The van der Waals surface area contributed by atoms with Gasteiger partial charge in [0, 0.05) is 64.0 Å². The highest BCUT2D eigenvalue weighted by Gasteiger charge is 2.30. The van der Waals surface area contributed by atoms with Gasteiger partial charge in [0.15, 0.2) is 0 Å². The average molecular weight is 453 g/mol. The Bertz CT molecular complexity index is 963. The van der Waals surface area contributed by atoms with Crippen LogP contribution in [-0.4, -0.2) is 95.5 Å². The maximum atomic E-state index is 13.9. The van der Waals surface area contributed by atoms with Gasteiger partial charge in [0.05, 0.1) is 24.6 Å². The number of hydrogen-bond acceptors (Lipinski definition) is 6. The van der Waals surface area contributed by atoms with Crippen LogP contribution in [0.25, 0.3) is 11.3 Å². The molecular weight excluding hydrogens is 419 g/mol. The molecule has 1 saturated carbocycles. The van der Waals surface area contributed by atoms with Gasteiger partial charge in [-0.2, -0.15) is 0 Å². The fraction of sp³-hybridized carbons (Fsp3) is 0.560. The number of aromatic nitrogens is 2. The van der Waals surface area contributed by atoms with E-state index in [0.29, 0.717) is 17.8 Å². The Morgan fingerprint density at radius 3 is 2.36 bits per heavy atom. The van der Waals surface area contributed by atoms with E-state index in [9.17, 15) is 9.18 Å². The maximum Gasteiger partial charge on any atom is 0.236 e. The maximum absolute atomic E-state index is 13.9. The van der Waals surface area contributed by atoms with E-state index in [1.54, 1.807) is 25.4 Å². The SMILES string of the molecule is Cc1ccc(-c2cnc(N3CCN(CC(=O)N4CCN(C5CCC5)CC4)CC3)cn2)cc1F. The predicted molar refractivity (Wildman–Crippen MR) is 127 cm³/mol. The summed E-state index contributed by atoms with van der Waals surface area (Å²) in [5.41, 5.74) is 2.02. The molecule has 0 bridgehead atoms. The van der Waals surface area contributed by atoms with Gasteiger partial charge in [0.1, 0.15) is 11.6 Å². The largest absolute Gasteiger partial charge is 0.353 e. The molecule has 1 aromatic carbocycles. The van der Waals surface area contributed by atoms with Gasteiger partial charge < -0.3 is 9.80 Å². The molecule has 3 fully saturated rings. The number of piperazine rings is 2. The average Bonchev–Trinajstić information content (AvgIpc) is 2.81. The minimum atomic E-state index is -0.232. The molecule has 0 N–H and O–H groups in total. The molecule has 176 valence electrons. The second-order valence-corrected chi connectivity index (χ2v) is 9.49. The van der Waals surface area contributed by atoms with E-state index in [1.807, 2.05) is 11.0 Å². The summed E-state index contributed by atoms with van der Waals surface area (Å²) >= 11 is 0. The van der Waals surface area contributed by atoms with Gasteiger partial charge in [-0.3, -0.25) is 19.6 Å². The van der Waals surface area contributed by atoms with Crippen molar-refractivity contribution in [2.24, 2.45) is 0 Å². The Morgan fingerprint density at radius 2 is 1.76 bits per heavy atom. The van der Waals surface area contributed by atoms with Gasteiger partial charge in [-0.15, -0.1) is 0 Å². The number of hydrogen-bond donors (Lipinski definition) is 0. The molecule has 8 heteroatoms. The number of aryl methyl sites for hydroxylation is 1. The first-order chi connectivity index (χ1) is 16.1. The zero-order chi connectivity index (χ0) is 22.8. The quantitative estimate of drug-likeness (QED) is 0.695. The number of benzene rings is 1. The van der Waals surface area contributed by atoms with E-state index in [2.05, 4.69) is 24.7 Å². The lowest BCUT2D eigenvalue weighted by atomic mass is 9.91. The number of rotatable bonds is 5. The fourth-order valence-corrected chi connectivity index (χ4v) is 4.90. The molecule has 3 heterocycles. The first-order valence-electron chi connectivity index (χ1n) is 12.1. The van der Waals surface area contributed by atoms with Crippen molar-refractivity contribution in [3.05, 3.63) is 42.0 Å². The highest BCUT2D eigenvalue weighted by molar-refractivity contribution is 5.78. The van der Waals surface area contributed by atoms with Crippen molar-refractivity contribution in [2.45, 2.75) is 32.2 Å². The topological polar surface area (TPSA) is 55.8 Å². The molecule has 2 aromatic rings. The summed E-state index contributed by atoms with van der Waals surface area (Å²) in [5.74, 6) is 0.847. The summed E-state index contributed by atoms with van der Waals surface area (Å²) in [4.78, 5) is 30.9. The Labute approximate surface area is 195 Å². The van der Waals surface area contributed by atoms with Crippen molar-refractivity contribution < 1.29 is 9.18 Å². The second-order valence-electron chi connectivity index (χ2n) is 9.49. The van der Waals surface area contributed by atoms with Gasteiger partial charge in [-0.25, -0.2) is 9.37 Å². The molecule has 33 heavy (non-hydrogen) atoms. The third-order valence-corrected chi connectivity index (χ3v) is 7.42. The number of amides is 1. The van der Waals surface area contributed by atoms with E-state index in [0.717, 1.165) is 69.8 Å². The first-order valence-corrected chi connectivity index (χ1v) is 12.1. The van der Waals surface area contributed by atoms with E-state index in [4.69, 9.17) is 0 Å². The molecule has 1 amide bonds. The Morgan fingerprint density at radius 1 is 1.00 bits per heavy atom. The fourth-order valence-electron chi connectivity index (χ4n) is 4.90. The molecule has 2 aliphatic heterocycles. The van der Waals surface area contributed by atoms with Crippen LogP contribution in [0.4, 0.5) is 10.2 Å². The molecule has 5 rings (SSSR count).